The summed E-state index contributed by atoms with van der Waals surface area (Å²) in [4.78, 5) is 7.03. The van der Waals surface area contributed by atoms with Crippen molar-refractivity contribution in [1.29, 1.82) is 0 Å². The van der Waals surface area contributed by atoms with Crippen LogP contribution in [0.1, 0.15) is 26.1 Å². The fourth-order valence-corrected chi connectivity index (χ4v) is 2.66. The van der Waals surface area contributed by atoms with Crippen LogP contribution in [-0.2, 0) is 6.54 Å². The van der Waals surface area contributed by atoms with Gasteiger partial charge in [0.1, 0.15) is 5.82 Å². The lowest BCUT2D eigenvalue weighted by molar-refractivity contribution is 0.293. The molecule has 0 spiro atoms. The van der Waals surface area contributed by atoms with E-state index in [2.05, 4.69) is 35.2 Å². The standard InChI is InChI=1S/C15H22ClN3/c1-4-18(5-2)9-6-10-19-12(3)17-14-8-7-13(16)11-15(14)19/h7-8,11H,4-6,9-10H2,1-3H3. The van der Waals surface area contributed by atoms with Crippen LogP contribution in [0.25, 0.3) is 11.0 Å². The van der Waals surface area contributed by atoms with Gasteiger partial charge in [-0.2, -0.15) is 0 Å². The van der Waals surface area contributed by atoms with Gasteiger partial charge in [0.05, 0.1) is 11.0 Å². The Morgan fingerprint density at radius 1 is 1.26 bits per heavy atom. The van der Waals surface area contributed by atoms with Gasteiger partial charge in [-0.1, -0.05) is 25.4 Å². The summed E-state index contributed by atoms with van der Waals surface area (Å²) in [6.07, 6.45) is 1.14. The molecule has 3 nitrogen and oxygen atoms in total. The molecular formula is C15H22ClN3. The summed E-state index contributed by atoms with van der Waals surface area (Å²) in [7, 11) is 0. The van der Waals surface area contributed by atoms with E-state index in [4.69, 9.17) is 11.6 Å². The molecule has 0 amide bonds. The first-order valence-corrected chi connectivity index (χ1v) is 7.38. The number of fused-ring (bicyclic) bond motifs is 1. The molecule has 1 aromatic heterocycles. The Hall–Kier alpha value is -1.06. The minimum absolute atomic E-state index is 0.775. The zero-order chi connectivity index (χ0) is 13.8. The predicted molar refractivity (Wildman–Crippen MR) is 81.9 cm³/mol. The predicted octanol–water partition coefficient (Wildman–Crippen LogP) is 3.73. The molecule has 0 atom stereocenters. The van der Waals surface area contributed by atoms with Gasteiger partial charge >= 0.3 is 0 Å². The van der Waals surface area contributed by atoms with Crippen LogP contribution in [0.15, 0.2) is 18.2 Å². The summed E-state index contributed by atoms with van der Waals surface area (Å²) in [6.45, 7) is 10.8. The molecule has 0 aliphatic heterocycles. The fourth-order valence-electron chi connectivity index (χ4n) is 2.49. The van der Waals surface area contributed by atoms with Gasteiger partial charge in [-0.05, 0) is 51.2 Å². The van der Waals surface area contributed by atoms with Crippen LogP contribution in [-0.4, -0.2) is 34.1 Å². The summed E-state index contributed by atoms with van der Waals surface area (Å²) in [5.41, 5.74) is 2.18. The van der Waals surface area contributed by atoms with Crippen LogP contribution >= 0.6 is 11.6 Å². The minimum Gasteiger partial charge on any atom is -0.328 e. The first kappa shape index (κ1) is 14.4. The molecular weight excluding hydrogens is 258 g/mol. The zero-order valence-electron chi connectivity index (χ0n) is 12.0. The number of rotatable bonds is 6. The van der Waals surface area contributed by atoms with E-state index in [0.29, 0.717) is 0 Å². The van der Waals surface area contributed by atoms with E-state index in [-0.39, 0.29) is 0 Å². The van der Waals surface area contributed by atoms with Crippen molar-refractivity contribution in [2.75, 3.05) is 19.6 Å². The number of aromatic nitrogens is 2. The van der Waals surface area contributed by atoms with Crippen LogP contribution < -0.4 is 0 Å². The molecule has 0 N–H and O–H groups in total. The molecule has 0 aliphatic rings. The van der Waals surface area contributed by atoms with Crippen molar-refractivity contribution in [3.8, 4) is 0 Å². The molecule has 0 aliphatic carbocycles. The molecule has 0 bridgehead atoms. The van der Waals surface area contributed by atoms with Crippen molar-refractivity contribution in [3.63, 3.8) is 0 Å². The summed E-state index contributed by atoms with van der Waals surface area (Å²) >= 11 is 6.08. The lowest BCUT2D eigenvalue weighted by Crippen LogP contribution is -2.24. The van der Waals surface area contributed by atoms with Crippen molar-refractivity contribution in [1.82, 2.24) is 14.5 Å². The van der Waals surface area contributed by atoms with Crippen LogP contribution in [0.3, 0.4) is 0 Å². The third-order valence-corrected chi connectivity index (χ3v) is 3.89. The van der Waals surface area contributed by atoms with Crippen LogP contribution in [0.2, 0.25) is 5.02 Å². The Labute approximate surface area is 120 Å². The third-order valence-electron chi connectivity index (χ3n) is 3.65. The molecule has 0 saturated heterocycles. The summed E-state index contributed by atoms with van der Waals surface area (Å²) in [5.74, 6) is 1.07. The average molecular weight is 280 g/mol. The second-order valence-electron chi connectivity index (χ2n) is 4.82. The Balaban J connectivity index is 2.11. The minimum atomic E-state index is 0.775. The Bertz CT molecular complexity index is 544. The Kier molecular flexibility index (Phi) is 4.83. The van der Waals surface area contributed by atoms with E-state index < -0.39 is 0 Å². The maximum absolute atomic E-state index is 6.08. The van der Waals surface area contributed by atoms with Gasteiger partial charge in [0.15, 0.2) is 0 Å². The molecule has 2 rings (SSSR count). The molecule has 0 unspecified atom stereocenters. The molecule has 1 aromatic carbocycles. The number of hydrogen-bond donors (Lipinski definition) is 0. The Morgan fingerprint density at radius 2 is 2.00 bits per heavy atom. The third kappa shape index (κ3) is 3.28. The highest BCUT2D eigenvalue weighted by atomic mass is 35.5. The highest BCUT2D eigenvalue weighted by molar-refractivity contribution is 6.31. The highest BCUT2D eigenvalue weighted by Gasteiger charge is 2.08. The van der Waals surface area contributed by atoms with E-state index in [1.165, 1.54) is 0 Å². The van der Waals surface area contributed by atoms with Gasteiger partial charge in [-0.15, -0.1) is 0 Å². The average Bonchev–Trinajstić information content (AvgIpc) is 2.71. The number of hydrogen-bond acceptors (Lipinski definition) is 2. The first-order valence-electron chi connectivity index (χ1n) is 7.00. The van der Waals surface area contributed by atoms with E-state index >= 15 is 0 Å². The maximum Gasteiger partial charge on any atom is 0.106 e. The molecule has 2 aromatic rings. The molecule has 1 heterocycles. The van der Waals surface area contributed by atoms with Crippen molar-refractivity contribution in [2.45, 2.75) is 33.7 Å². The van der Waals surface area contributed by atoms with Crippen molar-refractivity contribution >= 4 is 22.6 Å². The molecule has 4 heteroatoms. The number of halogens is 1. The van der Waals surface area contributed by atoms with Crippen LogP contribution in [0.4, 0.5) is 0 Å². The number of benzene rings is 1. The second kappa shape index (κ2) is 6.40. The summed E-state index contributed by atoms with van der Waals surface area (Å²) in [5, 5.41) is 0.775. The lowest BCUT2D eigenvalue weighted by atomic mass is 10.3. The smallest absolute Gasteiger partial charge is 0.106 e. The van der Waals surface area contributed by atoms with Crippen LogP contribution in [0, 0.1) is 6.92 Å². The van der Waals surface area contributed by atoms with Gasteiger partial charge in [0.25, 0.3) is 0 Å². The van der Waals surface area contributed by atoms with Crippen molar-refractivity contribution < 1.29 is 0 Å². The van der Waals surface area contributed by atoms with E-state index in [9.17, 15) is 0 Å². The molecule has 0 fully saturated rings. The van der Waals surface area contributed by atoms with E-state index in [1.807, 2.05) is 18.2 Å². The quantitative estimate of drug-likeness (QED) is 0.803. The topological polar surface area (TPSA) is 21.1 Å². The number of imidazole rings is 1. The normalized spacial score (nSPS) is 11.6. The molecule has 0 saturated carbocycles. The van der Waals surface area contributed by atoms with Gasteiger partial charge in [0.2, 0.25) is 0 Å². The van der Waals surface area contributed by atoms with Crippen molar-refractivity contribution in [2.24, 2.45) is 0 Å². The Morgan fingerprint density at radius 3 is 2.68 bits per heavy atom. The molecule has 19 heavy (non-hydrogen) atoms. The zero-order valence-corrected chi connectivity index (χ0v) is 12.7. The van der Waals surface area contributed by atoms with Gasteiger partial charge < -0.3 is 9.47 Å². The maximum atomic E-state index is 6.08. The fraction of sp³-hybridized carbons (Fsp3) is 0.533. The van der Waals surface area contributed by atoms with Gasteiger partial charge in [0, 0.05) is 11.6 Å². The van der Waals surface area contributed by atoms with Gasteiger partial charge in [-0.3, -0.25) is 0 Å². The summed E-state index contributed by atoms with van der Waals surface area (Å²) in [6, 6.07) is 5.90. The molecule has 104 valence electrons. The second-order valence-corrected chi connectivity index (χ2v) is 5.26. The highest BCUT2D eigenvalue weighted by Crippen LogP contribution is 2.20. The molecule has 0 radical (unpaired) electrons. The SMILES string of the molecule is CCN(CC)CCCn1c(C)nc2ccc(Cl)cc21. The van der Waals surface area contributed by atoms with Crippen molar-refractivity contribution in [3.05, 3.63) is 29.0 Å². The van der Waals surface area contributed by atoms with Gasteiger partial charge in [-0.25, -0.2) is 4.98 Å². The number of aryl methyl sites for hydroxylation is 2. The summed E-state index contributed by atoms with van der Waals surface area (Å²) < 4.78 is 2.27. The largest absolute Gasteiger partial charge is 0.328 e. The number of nitrogens with zero attached hydrogens (tertiary/aromatic N) is 3. The lowest BCUT2D eigenvalue weighted by Gasteiger charge is -2.18. The van der Waals surface area contributed by atoms with E-state index in [1.54, 1.807) is 0 Å². The monoisotopic (exact) mass is 279 g/mol. The van der Waals surface area contributed by atoms with E-state index in [0.717, 1.165) is 54.5 Å². The van der Waals surface area contributed by atoms with Crippen LogP contribution in [0.5, 0.6) is 0 Å². The first-order chi connectivity index (χ1) is 9.15.